The van der Waals surface area contributed by atoms with Crippen molar-refractivity contribution in [2.45, 2.75) is 108 Å². The number of halogens is 2. The monoisotopic (exact) mass is 1000 g/mol. The van der Waals surface area contributed by atoms with Crippen LogP contribution in [0.4, 0.5) is 26.1 Å². The van der Waals surface area contributed by atoms with Gasteiger partial charge in [-0.3, -0.25) is 32.6 Å². The zero-order valence-electron chi connectivity index (χ0n) is 37.0. The molecule has 3 aliphatic rings. The summed E-state index contributed by atoms with van der Waals surface area (Å²) in [5, 5.41) is 8.13. The average Bonchev–Trinajstić information content (AvgIpc) is 4.08. The van der Waals surface area contributed by atoms with Crippen molar-refractivity contribution >= 4 is 91.4 Å². The van der Waals surface area contributed by atoms with Crippen molar-refractivity contribution < 1.29 is 55.3 Å². The van der Waals surface area contributed by atoms with E-state index in [4.69, 9.17) is 46.6 Å². The first-order valence-electron chi connectivity index (χ1n) is 21.4. The largest absolute Gasteiger partial charge is 0.389 e. The van der Waals surface area contributed by atoms with Gasteiger partial charge in [-0.2, -0.15) is 0 Å². The van der Waals surface area contributed by atoms with Gasteiger partial charge >= 0.3 is 6.80 Å². The number of fused-ring (bicyclic) bond motifs is 4. The number of nitrogens with zero attached hydrogens (tertiary/aromatic N) is 8. The molecule has 362 valence electrons. The van der Waals surface area contributed by atoms with E-state index in [1.54, 1.807) is 38.1 Å². The number of carbonyl (C=O) groups is 3. The van der Waals surface area contributed by atoms with Gasteiger partial charge in [0.2, 0.25) is 17.7 Å². The van der Waals surface area contributed by atoms with Crippen molar-refractivity contribution in [3.63, 3.8) is 0 Å². The molecule has 23 nitrogen and oxygen atoms in total. The molecule has 12 atom stereocenters. The Balaban J connectivity index is 1.00. The summed E-state index contributed by atoms with van der Waals surface area (Å²) in [6, 6.07) is 4.68. The number of alkyl halides is 2. The SMILES string of the molecule is [B][P@@]1OC[C@H]2O[C@@H](n3cnc4c(N)ncnc43)[C@H](F)[C@@H]2OP(=O)(SCc2ccc(NC(=O)[C@H](C)NC(=O)C(NC(=O)CCC)C(C)C)cc2)OC[C@H]2O[C@@H](n3cnc4c(N)ncnc43)[C@H](F)[C@@H]2O1. The van der Waals surface area contributed by atoms with Gasteiger partial charge in [0.05, 0.1) is 25.9 Å². The summed E-state index contributed by atoms with van der Waals surface area (Å²) in [4.78, 5) is 63.1. The number of anilines is 3. The van der Waals surface area contributed by atoms with Gasteiger partial charge in [-0.25, -0.2) is 43.2 Å². The van der Waals surface area contributed by atoms with Crippen molar-refractivity contribution in [2.24, 2.45) is 5.92 Å². The number of amides is 3. The molecule has 2 unspecified atom stereocenters. The zero-order chi connectivity index (χ0) is 48.4. The number of hydrogen-bond acceptors (Lipinski definition) is 19. The highest BCUT2D eigenvalue weighted by molar-refractivity contribution is 8.54. The summed E-state index contributed by atoms with van der Waals surface area (Å²) in [6.45, 7) is 1.39. The molecule has 0 aliphatic carbocycles. The Morgan fingerprint density at radius 3 is 2.04 bits per heavy atom. The number of rotatable bonds is 13. The van der Waals surface area contributed by atoms with Crippen molar-refractivity contribution in [1.82, 2.24) is 49.7 Å². The standard InChI is InChI=1S/C39H48BF2N13O10P2S/c1-5-6-24(56)53-27(18(2)3)37(58)51-19(4)36(57)52-21-9-7-20(8-10-21)13-68-67(59)61-12-23-30(25(41)38(63-23)54-16-49-28-32(43)45-14-47-34(28)54)64-66(40)60-11-22-31(65-67)26(42)39(62-22)55-17-50-29-33(44)46-15-48-35(29)55/h7-10,14-19,22-23,25-27,30-31,38-39H,5-6,11-13H2,1-4H3,(H,51,58)(H,52,57)(H,53,56)(H2,43,45,47)(H2,44,46,48)/t19-,22+,23+,25+,26+,27?,30+,31+,38+,39+,66-,67?/m0/s1. The van der Waals surface area contributed by atoms with E-state index in [9.17, 15) is 14.4 Å². The molecular formula is C39H48BF2N13O10P2S. The number of ether oxygens (including phenoxy) is 2. The lowest BCUT2D eigenvalue weighted by Gasteiger charge is -2.30. The molecule has 1 aromatic carbocycles. The van der Waals surface area contributed by atoms with Gasteiger partial charge in [-0.05, 0) is 48.3 Å². The maximum absolute atomic E-state index is 16.9. The van der Waals surface area contributed by atoms with Gasteiger partial charge in [0.15, 0.2) is 55.3 Å². The molecule has 0 saturated carbocycles. The maximum Gasteiger partial charge on any atom is 0.389 e. The molecule has 7 heterocycles. The normalized spacial score (nSPS) is 28.5. The van der Waals surface area contributed by atoms with E-state index < -0.39 is 101 Å². The lowest BCUT2D eigenvalue weighted by molar-refractivity contribution is -0.131. The van der Waals surface area contributed by atoms with Crippen LogP contribution in [0.25, 0.3) is 22.3 Å². The fourth-order valence-electron chi connectivity index (χ4n) is 7.64. The second-order valence-corrected chi connectivity index (χ2v) is 21.4. The van der Waals surface area contributed by atoms with E-state index in [-0.39, 0.29) is 58.0 Å². The first-order chi connectivity index (χ1) is 32.5. The Hall–Kier alpha value is -4.98. The van der Waals surface area contributed by atoms with Crippen LogP contribution in [-0.4, -0.2) is 126 Å². The number of nitrogens with two attached hydrogens (primary N) is 2. The highest BCUT2D eigenvalue weighted by Gasteiger charge is 2.54. The first-order valence-corrected chi connectivity index (χ1v) is 25.8. The van der Waals surface area contributed by atoms with E-state index in [1.807, 2.05) is 6.92 Å². The van der Waals surface area contributed by atoms with E-state index in [0.717, 1.165) is 0 Å². The summed E-state index contributed by atoms with van der Waals surface area (Å²) < 4.78 is 87.3. The van der Waals surface area contributed by atoms with Gasteiger partial charge in [0.25, 0.3) is 0 Å². The number of carbonyl (C=O) groups excluding carboxylic acids is 3. The maximum atomic E-state index is 16.9. The van der Waals surface area contributed by atoms with Crippen LogP contribution in [0, 0.1) is 5.92 Å². The minimum atomic E-state index is -4.50. The van der Waals surface area contributed by atoms with Crippen LogP contribution in [0.2, 0.25) is 0 Å². The molecule has 7 N–H and O–H groups in total. The van der Waals surface area contributed by atoms with Crippen molar-refractivity contribution in [1.29, 1.82) is 0 Å². The van der Waals surface area contributed by atoms with Crippen LogP contribution in [0.5, 0.6) is 0 Å². The number of aromatic nitrogens is 8. The molecule has 8 rings (SSSR count). The Morgan fingerprint density at radius 2 is 1.46 bits per heavy atom. The first kappa shape index (κ1) is 49.4. The predicted molar refractivity (Wildman–Crippen MR) is 245 cm³/mol. The fourth-order valence-corrected chi connectivity index (χ4v) is 11.9. The molecule has 2 radical (unpaired) electrons. The number of benzene rings is 1. The minimum absolute atomic E-state index is 0.0359. The van der Waals surface area contributed by atoms with Crippen molar-refractivity contribution in [3.8, 4) is 0 Å². The van der Waals surface area contributed by atoms with E-state index in [0.29, 0.717) is 29.1 Å². The highest BCUT2D eigenvalue weighted by atomic mass is 32.7. The quantitative estimate of drug-likeness (QED) is 0.0824. The summed E-state index contributed by atoms with van der Waals surface area (Å²) >= 11 is 0.709. The third-order valence-corrected chi connectivity index (χ3v) is 15.7. The Morgan fingerprint density at radius 1 is 0.868 bits per heavy atom. The van der Waals surface area contributed by atoms with E-state index in [2.05, 4.69) is 45.9 Å². The number of nitrogen functional groups attached to an aromatic ring is 2. The third-order valence-electron chi connectivity index (χ3n) is 11.2. The van der Waals surface area contributed by atoms with Crippen molar-refractivity contribution in [2.75, 3.05) is 30.0 Å². The summed E-state index contributed by atoms with van der Waals surface area (Å²) in [7, 11) is 3.91. The molecule has 3 amide bonds. The van der Waals surface area contributed by atoms with E-state index >= 15 is 13.3 Å². The lowest BCUT2D eigenvalue weighted by Crippen LogP contribution is -2.53. The van der Waals surface area contributed by atoms with Crippen molar-refractivity contribution in [3.05, 3.63) is 55.1 Å². The number of nitrogens with one attached hydrogen (secondary N) is 3. The topological polar surface area (TPSA) is 299 Å². The van der Waals surface area contributed by atoms with Gasteiger partial charge in [0.1, 0.15) is 68.4 Å². The fraction of sp³-hybridized carbons (Fsp3) is 0.513. The molecule has 3 fully saturated rings. The molecule has 29 heteroatoms. The Bertz CT molecular complexity index is 2680. The summed E-state index contributed by atoms with van der Waals surface area (Å²) in [5.74, 6) is -1.44. The van der Waals surface area contributed by atoms with Crippen LogP contribution in [-0.2, 0) is 52.3 Å². The highest BCUT2D eigenvalue weighted by Crippen LogP contribution is 2.64. The molecular weight excluding hydrogens is 953 g/mol. The van der Waals surface area contributed by atoms with Crippen LogP contribution >= 0.6 is 26.4 Å². The molecule has 5 aromatic rings. The third kappa shape index (κ3) is 10.6. The molecule has 3 aliphatic heterocycles. The van der Waals surface area contributed by atoms with Gasteiger partial charge < -0.3 is 45.9 Å². The minimum Gasteiger partial charge on any atom is -0.382 e. The predicted octanol–water partition coefficient (Wildman–Crippen LogP) is 3.94. The summed E-state index contributed by atoms with van der Waals surface area (Å²) in [5.41, 5.74) is 13.6. The Labute approximate surface area is 393 Å². The smallest absolute Gasteiger partial charge is 0.382 e. The van der Waals surface area contributed by atoms with Crippen LogP contribution in [0.15, 0.2) is 49.6 Å². The number of hydrogen-bond donors (Lipinski definition) is 5. The van der Waals surface area contributed by atoms with Gasteiger partial charge in [0, 0.05) is 17.9 Å². The number of imidazole rings is 2. The molecule has 0 spiro atoms. The second kappa shape index (κ2) is 20.9. The second-order valence-electron chi connectivity index (χ2n) is 16.4. The lowest BCUT2D eigenvalue weighted by atomic mass is 10.0. The zero-order valence-corrected chi connectivity index (χ0v) is 39.6. The Kier molecular flexibility index (Phi) is 15.2. The van der Waals surface area contributed by atoms with Gasteiger partial charge in [-0.1, -0.05) is 32.9 Å². The van der Waals surface area contributed by atoms with Crippen LogP contribution in [0.3, 0.4) is 0 Å². The van der Waals surface area contributed by atoms with Crippen LogP contribution in [0.1, 0.15) is 58.6 Å². The van der Waals surface area contributed by atoms with E-state index in [1.165, 1.54) is 41.4 Å². The molecule has 0 bridgehead atoms. The average molecular weight is 1000 g/mol. The summed E-state index contributed by atoms with van der Waals surface area (Å²) in [6.07, 6.45) is -6.61. The molecule has 3 saturated heterocycles. The van der Waals surface area contributed by atoms with Crippen LogP contribution < -0.4 is 27.4 Å². The molecule has 4 aromatic heterocycles. The molecule has 68 heavy (non-hydrogen) atoms. The van der Waals surface area contributed by atoms with Gasteiger partial charge in [-0.15, -0.1) is 0 Å².